The zero-order chi connectivity index (χ0) is 23.6. The number of nitrogens with one attached hydrogen (secondary N) is 1. The monoisotopic (exact) mass is 464 g/mol. The number of carboxylic acids is 2. The molecule has 0 aliphatic carbocycles. The van der Waals surface area contributed by atoms with Crippen LogP contribution in [0.1, 0.15) is 34.8 Å². The fourth-order valence-electron chi connectivity index (χ4n) is 4.55. The Morgan fingerprint density at radius 3 is 2.34 bits per heavy atom. The first-order valence-electron chi connectivity index (χ1n) is 9.93. The summed E-state index contributed by atoms with van der Waals surface area (Å²) in [6.07, 6.45) is 1.57. The molecule has 0 aromatic heterocycles. The zero-order valence-electron chi connectivity index (χ0n) is 17.6. The normalized spacial score (nSPS) is 26.8. The summed E-state index contributed by atoms with van der Waals surface area (Å²) in [4.78, 5) is 63.1. The van der Waals surface area contributed by atoms with Crippen LogP contribution < -0.4 is 5.32 Å². The van der Waals surface area contributed by atoms with E-state index >= 15 is 0 Å². The molecule has 3 rings (SSSR count). The highest BCUT2D eigenvalue weighted by Crippen LogP contribution is 2.50. The first-order chi connectivity index (χ1) is 15.2. The number of carbonyl (C=O) groups excluding carboxylic acids is 3. The Bertz CT molecular complexity index is 950. The molecule has 0 bridgehead atoms. The van der Waals surface area contributed by atoms with Gasteiger partial charge in [0.2, 0.25) is 11.8 Å². The van der Waals surface area contributed by atoms with Gasteiger partial charge in [0.05, 0.1) is 30.9 Å². The maximum absolute atomic E-state index is 13.2. The molecule has 2 aliphatic rings. The van der Waals surface area contributed by atoms with Gasteiger partial charge in [-0.3, -0.25) is 29.4 Å². The van der Waals surface area contributed by atoms with Gasteiger partial charge in [0.25, 0.3) is 0 Å². The van der Waals surface area contributed by atoms with Crippen molar-refractivity contribution in [3.05, 3.63) is 35.4 Å². The molecule has 1 aromatic carbocycles. The molecule has 2 amide bonds. The largest absolute Gasteiger partial charge is 0.481 e. The van der Waals surface area contributed by atoms with E-state index in [9.17, 15) is 34.2 Å². The molecule has 4 atom stereocenters. The van der Waals surface area contributed by atoms with Crippen molar-refractivity contribution in [1.82, 2.24) is 10.2 Å². The standard InChI is InChI=1S/C21H24N2O8S/c1-31-19(28)12-6-4-11(5-7-12)16-14-15(21(22-16,20(29)30)10-13(24)25)18(27)23(17(14)26)8-3-9-32-2/h4-7,14-16,22H,3,8-10H2,1-2H3,(H,24,25)(H,29,30). The van der Waals surface area contributed by atoms with Gasteiger partial charge in [-0.2, -0.15) is 11.8 Å². The van der Waals surface area contributed by atoms with Crippen molar-refractivity contribution in [2.45, 2.75) is 24.4 Å². The van der Waals surface area contributed by atoms with Crippen LogP contribution in [-0.2, 0) is 23.9 Å². The lowest BCUT2D eigenvalue weighted by molar-refractivity contribution is -0.156. The lowest BCUT2D eigenvalue weighted by Crippen LogP contribution is -2.57. The van der Waals surface area contributed by atoms with Crippen molar-refractivity contribution in [3.8, 4) is 0 Å². The maximum atomic E-state index is 13.2. The molecule has 2 aliphatic heterocycles. The molecule has 32 heavy (non-hydrogen) atoms. The van der Waals surface area contributed by atoms with Crippen molar-refractivity contribution < 1.29 is 38.9 Å². The molecule has 10 nitrogen and oxygen atoms in total. The van der Waals surface area contributed by atoms with E-state index in [2.05, 4.69) is 10.1 Å². The van der Waals surface area contributed by atoms with Crippen LogP contribution in [-0.4, -0.2) is 76.0 Å². The van der Waals surface area contributed by atoms with E-state index in [0.29, 0.717) is 17.7 Å². The minimum atomic E-state index is -2.14. The maximum Gasteiger partial charge on any atom is 0.337 e. The molecule has 11 heteroatoms. The lowest BCUT2D eigenvalue weighted by atomic mass is 9.77. The van der Waals surface area contributed by atoms with Gasteiger partial charge in [0.1, 0.15) is 5.54 Å². The third-order valence-electron chi connectivity index (χ3n) is 5.98. The molecule has 0 spiro atoms. The van der Waals surface area contributed by atoms with Crippen LogP contribution in [0.5, 0.6) is 0 Å². The Balaban J connectivity index is 2.04. The number of ether oxygens (including phenoxy) is 1. The van der Waals surface area contributed by atoms with E-state index in [4.69, 9.17) is 0 Å². The molecule has 3 N–H and O–H groups in total. The third kappa shape index (κ3) is 3.97. The predicted octanol–water partition coefficient (Wildman–Crippen LogP) is 0.770. The van der Waals surface area contributed by atoms with Crippen LogP contribution >= 0.6 is 11.8 Å². The Kier molecular flexibility index (Phi) is 6.89. The number of nitrogens with zero attached hydrogens (tertiary/aromatic N) is 1. The number of hydrogen-bond donors (Lipinski definition) is 3. The third-order valence-corrected chi connectivity index (χ3v) is 6.68. The van der Waals surface area contributed by atoms with E-state index < -0.39 is 59.6 Å². The molecule has 0 radical (unpaired) electrons. The molecule has 172 valence electrons. The number of amides is 2. The van der Waals surface area contributed by atoms with Crippen LogP contribution in [0.3, 0.4) is 0 Å². The first-order valence-corrected chi connectivity index (χ1v) is 11.3. The lowest BCUT2D eigenvalue weighted by Gasteiger charge is -2.29. The number of benzene rings is 1. The summed E-state index contributed by atoms with van der Waals surface area (Å²) in [6.45, 7) is 0.141. The Labute approximate surface area is 188 Å². The smallest absolute Gasteiger partial charge is 0.337 e. The highest BCUT2D eigenvalue weighted by Gasteiger charge is 2.68. The number of carboxylic acid groups (broad SMARTS) is 2. The van der Waals surface area contributed by atoms with Crippen LogP contribution in [0.2, 0.25) is 0 Å². The van der Waals surface area contributed by atoms with E-state index in [1.54, 1.807) is 11.8 Å². The second-order valence-electron chi connectivity index (χ2n) is 7.76. The van der Waals surface area contributed by atoms with Gasteiger partial charge in [0.15, 0.2) is 0 Å². The highest BCUT2D eigenvalue weighted by atomic mass is 32.2. The van der Waals surface area contributed by atoms with E-state index in [1.807, 2.05) is 6.26 Å². The van der Waals surface area contributed by atoms with Crippen molar-refractivity contribution >= 4 is 41.5 Å². The number of rotatable bonds is 9. The summed E-state index contributed by atoms with van der Waals surface area (Å²) in [6, 6.07) is 5.09. The van der Waals surface area contributed by atoms with Crippen molar-refractivity contribution in [2.24, 2.45) is 11.8 Å². The average molecular weight is 464 g/mol. The number of imide groups is 1. The van der Waals surface area contributed by atoms with Gasteiger partial charge in [0, 0.05) is 12.6 Å². The summed E-state index contributed by atoms with van der Waals surface area (Å²) in [5.41, 5.74) is -1.41. The first kappa shape index (κ1) is 23.7. The van der Waals surface area contributed by atoms with Gasteiger partial charge in [-0.05, 0) is 36.1 Å². The number of esters is 1. The van der Waals surface area contributed by atoms with Crippen molar-refractivity contribution in [1.29, 1.82) is 0 Å². The molecule has 1 aromatic rings. The van der Waals surface area contributed by atoms with E-state index in [1.165, 1.54) is 31.4 Å². The summed E-state index contributed by atoms with van der Waals surface area (Å²) < 4.78 is 4.67. The second-order valence-corrected chi connectivity index (χ2v) is 8.75. The average Bonchev–Trinajstić information content (AvgIpc) is 3.22. The van der Waals surface area contributed by atoms with Crippen molar-refractivity contribution in [3.63, 3.8) is 0 Å². The quantitative estimate of drug-likeness (QED) is 0.272. The van der Waals surface area contributed by atoms with Crippen LogP contribution in [0.15, 0.2) is 24.3 Å². The number of hydrogen-bond acceptors (Lipinski definition) is 8. The van der Waals surface area contributed by atoms with Crippen LogP contribution in [0.4, 0.5) is 0 Å². The van der Waals surface area contributed by atoms with Gasteiger partial charge in [-0.25, -0.2) is 4.79 Å². The Morgan fingerprint density at radius 2 is 1.81 bits per heavy atom. The Hall–Kier alpha value is -2.92. The van der Waals surface area contributed by atoms with Gasteiger partial charge in [-0.1, -0.05) is 12.1 Å². The SMILES string of the molecule is COC(=O)c1ccc(C2NC(CC(=O)O)(C(=O)O)C3C(=O)N(CCCSC)C(=O)C23)cc1. The number of thioether (sulfide) groups is 1. The number of aliphatic carboxylic acids is 2. The molecule has 2 saturated heterocycles. The Morgan fingerprint density at radius 1 is 1.16 bits per heavy atom. The summed E-state index contributed by atoms with van der Waals surface area (Å²) in [5.74, 6) is -6.39. The minimum absolute atomic E-state index is 0.141. The zero-order valence-corrected chi connectivity index (χ0v) is 18.4. The van der Waals surface area contributed by atoms with Gasteiger partial charge in [-0.15, -0.1) is 0 Å². The topological polar surface area (TPSA) is 150 Å². The molecular formula is C21H24N2O8S. The van der Waals surface area contributed by atoms with Crippen LogP contribution in [0, 0.1) is 11.8 Å². The number of likely N-dealkylation sites (tertiary alicyclic amines) is 1. The predicted molar refractivity (Wildman–Crippen MR) is 113 cm³/mol. The summed E-state index contributed by atoms with van der Waals surface area (Å²) >= 11 is 1.55. The fourth-order valence-corrected chi connectivity index (χ4v) is 4.97. The second kappa shape index (κ2) is 9.29. The van der Waals surface area contributed by atoms with Gasteiger partial charge >= 0.3 is 17.9 Å². The van der Waals surface area contributed by atoms with E-state index in [0.717, 1.165) is 4.90 Å². The summed E-state index contributed by atoms with van der Waals surface area (Å²) in [7, 11) is 1.24. The summed E-state index contributed by atoms with van der Waals surface area (Å²) in [5, 5.41) is 22.2. The van der Waals surface area contributed by atoms with Crippen molar-refractivity contribution in [2.75, 3.05) is 25.7 Å². The number of fused-ring (bicyclic) bond motifs is 1. The van der Waals surface area contributed by atoms with E-state index in [-0.39, 0.29) is 12.1 Å². The molecular weight excluding hydrogens is 440 g/mol. The molecule has 0 saturated carbocycles. The fraction of sp³-hybridized carbons (Fsp3) is 0.476. The molecule has 2 fully saturated rings. The minimum Gasteiger partial charge on any atom is -0.481 e. The van der Waals surface area contributed by atoms with Crippen LogP contribution in [0.25, 0.3) is 0 Å². The molecule has 2 heterocycles. The highest BCUT2D eigenvalue weighted by molar-refractivity contribution is 7.98. The molecule has 4 unspecified atom stereocenters. The number of carbonyl (C=O) groups is 5. The van der Waals surface area contributed by atoms with Gasteiger partial charge < -0.3 is 14.9 Å². The number of methoxy groups -OCH3 is 1.